The summed E-state index contributed by atoms with van der Waals surface area (Å²) in [5.41, 5.74) is 4.78. The van der Waals surface area contributed by atoms with Crippen molar-refractivity contribution in [2.24, 2.45) is 10.3 Å². The number of quaternary nitrogens is 1. The smallest absolute Gasteiger partial charge is 0.173 e. The van der Waals surface area contributed by atoms with Gasteiger partial charge < -0.3 is 10.0 Å². The molecule has 6 nitrogen and oxygen atoms in total. The minimum absolute atomic E-state index is 0.350. The minimum atomic E-state index is -0.350. The Kier molecular flexibility index (Phi) is 1.95. The van der Waals surface area contributed by atoms with Gasteiger partial charge in [0.15, 0.2) is 17.6 Å². The fourth-order valence-corrected chi connectivity index (χ4v) is 1.52. The van der Waals surface area contributed by atoms with Crippen molar-refractivity contribution in [1.82, 2.24) is 5.48 Å². The van der Waals surface area contributed by atoms with Crippen molar-refractivity contribution in [3.8, 4) is 5.75 Å². The van der Waals surface area contributed by atoms with Crippen LogP contribution >= 0.6 is 0 Å². The maximum absolute atomic E-state index is 10.9. The van der Waals surface area contributed by atoms with Gasteiger partial charge in [0.05, 0.1) is 0 Å². The van der Waals surface area contributed by atoms with E-state index in [0.717, 1.165) is 11.3 Å². The Morgan fingerprint density at radius 3 is 3.00 bits per heavy atom. The van der Waals surface area contributed by atoms with Gasteiger partial charge in [-0.1, -0.05) is 23.3 Å². The van der Waals surface area contributed by atoms with Gasteiger partial charge in [-0.25, -0.2) is 5.48 Å². The molecule has 80 valence electrons. The SMILES string of the molecule is [O-][NH+]1C=C(C2=Cc3ccccc3ON2)N=N1. The van der Waals surface area contributed by atoms with E-state index >= 15 is 0 Å². The molecule has 1 atom stereocenters. The van der Waals surface area contributed by atoms with E-state index in [1.54, 1.807) is 0 Å². The van der Waals surface area contributed by atoms with Crippen molar-refractivity contribution in [3.63, 3.8) is 0 Å². The van der Waals surface area contributed by atoms with Crippen LogP contribution < -0.4 is 15.5 Å². The van der Waals surface area contributed by atoms with Crippen LogP contribution in [0.3, 0.4) is 0 Å². The first-order valence-corrected chi connectivity index (χ1v) is 4.74. The van der Waals surface area contributed by atoms with Gasteiger partial charge in [-0.3, -0.25) is 0 Å². The van der Waals surface area contributed by atoms with E-state index in [4.69, 9.17) is 4.84 Å². The number of nitrogens with zero attached hydrogens (tertiary/aromatic N) is 2. The molecule has 3 rings (SSSR count). The van der Waals surface area contributed by atoms with Crippen molar-refractivity contribution in [1.29, 1.82) is 0 Å². The lowest BCUT2D eigenvalue weighted by Gasteiger charge is -2.17. The molecule has 0 saturated carbocycles. The van der Waals surface area contributed by atoms with Gasteiger partial charge in [0.25, 0.3) is 0 Å². The third-order valence-electron chi connectivity index (χ3n) is 2.28. The molecular weight excluding hydrogens is 208 g/mol. The molecule has 2 N–H and O–H groups in total. The lowest BCUT2D eigenvalue weighted by molar-refractivity contribution is -0.799. The molecule has 1 aromatic rings. The highest BCUT2D eigenvalue weighted by atomic mass is 16.6. The standard InChI is InChI=1S/C10H8N4O2/c15-14-6-9(11-13-14)8-5-7-3-1-2-4-10(7)16-12-8/h1-6,12,14H. The number of fused-ring (bicyclic) bond motifs is 1. The van der Waals surface area contributed by atoms with Gasteiger partial charge in [0.1, 0.15) is 5.70 Å². The summed E-state index contributed by atoms with van der Waals surface area (Å²) in [7, 11) is 0. The summed E-state index contributed by atoms with van der Waals surface area (Å²) in [4.78, 5) is 5.31. The summed E-state index contributed by atoms with van der Waals surface area (Å²) in [6.07, 6.45) is 3.22. The van der Waals surface area contributed by atoms with Crippen LogP contribution in [-0.2, 0) is 0 Å². The summed E-state index contributed by atoms with van der Waals surface area (Å²) in [6.45, 7) is 0. The largest absolute Gasteiger partial charge is 0.600 e. The van der Waals surface area contributed by atoms with Crippen molar-refractivity contribution < 1.29 is 10.0 Å². The lowest BCUT2D eigenvalue weighted by Crippen LogP contribution is -2.95. The fourth-order valence-electron chi connectivity index (χ4n) is 1.52. The van der Waals surface area contributed by atoms with Crippen LogP contribution in [0.4, 0.5) is 0 Å². The Hall–Kier alpha value is -2.18. The molecule has 0 aromatic heterocycles. The molecule has 6 heteroatoms. The predicted octanol–water partition coefficient (Wildman–Crippen LogP) is 0.529. The fraction of sp³-hybridized carbons (Fsp3) is 0. The number of hydrogen-bond donors (Lipinski definition) is 2. The van der Waals surface area contributed by atoms with E-state index in [2.05, 4.69) is 15.8 Å². The van der Waals surface area contributed by atoms with Crippen molar-refractivity contribution in [2.45, 2.75) is 0 Å². The van der Waals surface area contributed by atoms with Gasteiger partial charge >= 0.3 is 0 Å². The Balaban J connectivity index is 1.98. The Labute approximate surface area is 91.0 Å². The average molecular weight is 216 g/mol. The molecular formula is C10H8N4O2. The highest BCUT2D eigenvalue weighted by Crippen LogP contribution is 2.26. The Morgan fingerprint density at radius 1 is 1.31 bits per heavy atom. The van der Waals surface area contributed by atoms with Crippen LogP contribution in [-0.4, -0.2) is 0 Å². The van der Waals surface area contributed by atoms with Gasteiger partial charge in [0.2, 0.25) is 0 Å². The summed E-state index contributed by atoms with van der Waals surface area (Å²) in [6, 6.07) is 7.57. The molecule has 0 amide bonds. The van der Waals surface area contributed by atoms with E-state index in [1.165, 1.54) is 6.20 Å². The maximum atomic E-state index is 10.9. The third kappa shape index (κ3) is 1.46. The first-order valence-electron chi connectivity index (χ1n) is 4.74. The summed E-state index contributed by atoms with van der Waals surface area (Å²) >= 11 is 0. The van der Waals surface area contributed by atoms with Crippen LogP contribution in [0.1, 0.15) is 5.56 Å². The van der Waals surface area contributed by atoms with E-state index < -0.39 is 0 Å². The number of hydroxylamine groups is 2. The summed E-state index contributed by atoms with van der Waals surface area (Å²) in [5, 5.41) is 17.7. The van der Waals surface area contributed by atoms with Crippen molar-refractivity contribution in [3.05, 3.63) is 52.6 Å². The second-order valence-electron chi connectivity index (χ2n) is 3.37. The second kappa shape index (κ2) is 3.44. The molecule has 0 aliphatic carbocycles. The van der Waals surface area contributed by atoms with Crippen LogP contribution in [0.5, 0.6) is 5.75 Å². The number of nitrogens with one attached hydrogen (secondary N) is 2. The molecule has 16 heavy (non-hydrogen) atoms. The third-order valence-corrected chi connectivity index (χ3v) is 2.28. The summed E-state index contributed by atoms with van der Waals surface area (Å²) in [5.74, 6) is 0.744. The van der Waals surface area contributed by atoms with E-state index in [1.807, 2.05) is 30.3 Å². The van der Waals surface area contributed by atoms with Crippen molar-refractivity contribution >= 4 is 6.08 Å². The zero-order valence-electron chi connectivity index (χ0n) is 8.18. The Bertz CT molecular complexity index is 521. The van der Waals surface area contributed by atoms with Crippen LogP contribution in [0.25, 0.3) is 6.08 Å². The molecule has 0 radical (unpaired) electrons. The zero-order valence-corrected chi connectivity index (χ0v) is 8.18. The molecule has 2 heterocycles. The van der Waals surface area contributed by atoms with Crippen LogP contribution in [0, 0.1) is 5.21 Å². The van der Waals surface area contributed by atoms with Gasteiger partial charge in [-0.05, 0) is 12.1 Å². The monoisotopic (exact) mass is 216 g/mol. The molecule has 0 fully saturated rings. The quantitative estimate of drug-likeness (QED) is 0.672. The molecule has 1 aromatic carbocycles. The minimum Gasteiger partial charge on any atom is -0.600 e. The normalized spacial score (nSPS) is 21.7. The predicted molar refractivity (Wildman–Crippen MR) is 55.5 cm³/mol. The maximum Gasteiger partial charge on any atom is 0.173 e. The number of benzene rings is 1. The molecule has 0 bridgehead atoms. The highest BCUT2D eigenvalue weighted by Gasteiger charge is 2.18. The molecule has 0 saturated heterocycles. The summed E-state index contributed by atoms with van der Waals surface area (Å²) < 4.78 is 0. The van der Waals surface area contributed by atoms with Gasteiger partial charge in [-0.2, -0.15) is 5.17 Å². The average Bonchev–Trinajstić information content (AvgIpc) is 2.75. The van der Waals surface area contributed by atoms with E-state index in [0.29, 0.717) is 11.4 Å². The Morgan fingerprint density at radius 2 is 2.19 bits per heavy atom. The molecule has 2 aliphatic rings. The van der Waals surface area contributed by atoms with Crippen LogP contribution in [0.2, 0.25) is 0 Å². The lowest BCUT2D eigenvalue weighted by atomic mass is 10.1. The topological polar surface area (TPSA) is 73.5 Å². The first-order chi connectivity index (χ1) is 7.83. The number of para-hydroxylation sites is 1. The van der Waals surface area contributed by atoms with Gasteiger partial charge in [0, 0.05) is 10.8 Å². The second-order valence-corrected chi connectivity index (χ2v) is 3.37. The molecule has 1 unspecified atom stereocenters. The van der Waals surface area contributed by atoms with E-state index in [-0.39, 0.29) is 5.17 Å². The first kappa shape index (κ1) is 9.08. The van der Waals surface area contributed by atoms with Crippen LogP contribution in [0.15, 0.2) is 52.2 Å². The number of hydrogen-bond acceptors (Lipinski definition) is 5. The van der Waals surface area contributed by atoms with Gasteiger partial charge in [-0.15, -0.1) is 0 Å². The molecule has 2 aliphatic heterocycles. The molecule has 0 spiro atoms. The van der Waals surface area contributed by atoms with E-state index in [9.17, 15) is 5.21 Å². The zero-order chi connectivity index (χ0) is 11.0. The highest BCUT2D eigenvalue weighted by molar-refractivity contribution is 5.64. The van der Waals surface area contributed by atoms with Crippen molar-refractivity contribution in [2.75, 3.05) is 0 Å². The number of rotatable bonds is 1.